The molecule has 1 saturated heterocycles. The van der Waals surface area contributed by atoms with E-state index < -0.39 is 6.10 Å². The number of pyridine rings is 1. The van der Waals surface area contributed by atoms with E-state index in [1.54, 1.807) is 16.9 Å². The molecule has 3 aromatic heterocycles. The van der Waals surface area contributed by atoms with E-state index in [1.165, 1.54) is 0 Å². The van der Waals surface area contributed by atoms with Crippen molar-refractivity contribution < 1.29 is 19.4 Å². The van der Waals surface area contributed by atoms with Crippen LogP contribution in [0.25, 0.3) is 16.6 Å². The zero-order valence-electron chi connectivity index (χ0n) is 23.8. The molecule has 0 spiro atoms. The van der Waals surface area contributed by atoms with Crippen LogP contribution < -0.4 is 5.32 Å². The number of aliphatic hydroxyl groups is 1. The molecule has 218 valence electrons. The van der Waals surface area contributed by atoms with Crippen LogP contribution in [-0.2, 0) is 20.9 Å². The standard InChI is InChI=1S/C30H39N7O4/c1-3-29(39)35-9-10-36(19(2)17-35)23-12-21(13-23)30(40)33-27-14-24-11-20(7-8-37(24)34-27)22-15-31-28(32-16-22)18-41-26-6-4-5-25(26)38/h7-8,11,14-16,19,21,23,25-26,38H,3-6,9-10,12-13,17-18H2,1-2H3,(H,33,34,40)/t19-,21?,23?,25-,26-/m0/s1. The quantitative estimate of drug-likeness (QED) is 0.430. The van der Waals surface area contributed by atoms with Gasteiger partial charge in [-0.05, 0) is 56.7 Å². The first kappa shape index (κ1) is 27.7. The van der Waals surface area contributed by atoms with Crippen LogP contribution in [0.1, 0.15) is 58.2 Å². The topological polar surface area (TPSA) is 125 Å². The number of carbonyl (C=O) groups is 2. The number of rotatable bonds is 8. The lowest BCUT2D eigenvalue weighted by molar-refractivity contribution is -0.135. The number of carbonyl (C=O) groups excluding carboxylic acids is 2. The minimum absolute atomic E-state index is 0.00802. The smallest absolute Gasteiger partial charge is 0.228 e. The first-order valence-corrected chi connectivity index (χ1v) is 14.8. The summed E-state index contributed by atoms with van der Waals surface area (Å²) in [4.78, 5) is 38.3. The second-order valence-corrected chi connectivity index (χ2v) is 11.6. The predicted octanol–water partition coefficient (Wildman–Crippen LogP) is 2.88. The summed E-state index contributed by atoms with van der Waals surface area (Å²) in [5.74, 6) is 1.32. The number of piperazine rings is 1. The summed E-state index contributed by atoms with van der Waals surface area (Å²) >= 11 is 0. The summed E-state index contributed by atoms with van der Waals surface area (Å²) in [5.41, 5.74) is 2.68. The number of aliphatic hydroxyl groups excluding tert-OH is 1. The number of nitrogens with zero attached hydrogens (tertiary/aromatic N) is 6. The van der Waals surface area contributed by atoms with Crippen LogP contribution in [0.3, 0.4) is 0 Å². The Kier molecular flexibility index (Phi) is 8.01. The van der Waals surface area contributed by atoms with Gasteiger partial charge in [0, 0.05) is 74.3 Å². The van der Waals surface area contributed by atoms with Gasteiger partial charge in [0.15, 0.2) is 11.6 Å². The summed E-state index contributed by atoms with van der Waals surface area (Å²) in [5, 5.41) is 17.5. The van der Waals surface area contributed by atoms with Gasteiger partial charge in [-0.2, -0.15) is 5.10 Å². The Bertz CT molecular complexity index is 1390. The summed E-state index contributed by atoms with van der Waals surface area (Å²) < 4.78 is 7.54. The predicted molar refractivity (Wildman–Crippen MR) is 153 cm³/mol. The van der Waals surface area contributed by atoms with E-state index >= 15 is 0 Å². The van der Waals surface area contributed by atoms with Gasteiger partial charge in [-0.25, -0.2) is 14.5 Å². The average Bonchev–Trinajstić information content (AvgIpc) is 3.56. The summed E-state index contributed by atoms with van der Waals surface area (Å²) in [6, 6.07) is 6.51. The normalized spacial score (nSPS) is 26.7. The highest BCUT2D eigenvalue weighted by Crippen LogP contribution is 2.35. The van der Waals surface area contributed by atoms with Crippen LogP contribution >= 0.6 is 0 Å². The summed E-state index contributed by atoms with van der Waals surface area (Å²) in [6.07, 6.45) is 9.73. The maximum absolute atomic E-state index is 13.0. The van der Waals surface area contributed by atoms with E-state index in [1.807, 2.05) is 36.2 Å². The molecule has 0 bridgehead atoms. The Morgan fingerprint density at radius 2 is 1.93 bits per heavy atom. The molecule has 0 aromatic carbocycles. The zero-order chi connectivity index (χ0) is 28.5. The van der Waals surface area contributed by atoms with E-state index in [4.69, 9.17) is 4.74 Å². The Morgan fingerprint density at radius 3 is 2.63 bits per heavy atom. The van der Waals surface area contributed by atoms with Crippen LogP contribution in [-0.4, -0.2) is 90.2 Å². The van der Waals surface area contributed by atoms with Crippen molar-refractivity contribution in [3.8, 4) is 11.1 Å². The Labute approximate surface area is 239 Å². The molecule has 1 aliphatic heterocycles. The number of hydrogen-bond donors (Lipinski definition) is 2. The van der Waals surface area contributed by atoms with Gasteiger partial charge in [0.25, 0.3) is 0 Å². The van der Waals surface area contributed by atoms with Crippen molar-refractivity contribution in [2.24, 2.45) is 5.92 Å². The first-order chi connectivity index (χ1) is 19.9. The molecular weight excluding hydrogens is 522 g/mol. The van der Waals surface area contributed by atoms with Gasteiger partial charge in [-0.1, -0.05) is 6.92 Å². The third-order valence-corrected chi connectivity index (χ3v) is 8.88. The lowest BCUT2D eigenvalue weighted by atomic mass is 9.78. The number of anilines is 1. The van der Waals surface area contributed by atoms with Crippen molar-refractivity contribution >= 4 is 23.1 Å². The molecular formula is C30H39N7O4. The fourth-order valence-corrected chi connectivity index (χ4v) is 6.36. The monoisotopic (exact) mass is 561 g/mol. The third-order valence-electron chi connectivity index (χ3n) is 8.88. The van der Waals surface area contributed by atoms with Gasteiger partial charge in [0.05, 0.1) is 17.7 Å². The van der Waals surface area contributed by atoms with Crippen LogP contribution in [0.15, 0.2) is 36.8 Å². The molecule has 3 aromatic rings. The van der Waals surface area contributed by atoms with Gasteiger partial charge in [-0.3, -0.25) is 14.5 Å². The highest BCUT2D eigenvalue weighted by Gasteiger charge is 2.41. The number of hydrogen-bond acceptors (Lipinski definition) is 8. The van der Waals surface area contributed by atoms with Gasteiger partial charge in [-0.15, -0.1) is 0 Å². The van der Waals surface area contributed by atoms with Crippen molar-refractivity contribution in [3.05, 3.63) is 42.6 Å². The molecule has 0 radical (unpaired) electrons. The van der Waals surface area contributed by atoms with Crippen LogP contribution in [0.5, 0.6) is 0 Å². The van der Waals surface area contributed by atoms with Crippen LogP contribution in [0, 0.1) is 5.92 Å². The van der Waals surface area contributed by atoms with E-state index in [9.17, 15) is 14.7 Å². The van der Waals surface area contributed by atoms with Gasteiger partial charge >= 0.3 is 0 Å². The minimum atomic E-state index is -0.397. The molecule has 11 nitrogen and oxygen atoms in total. The van der Waals surface area contributed by atoms with Crippen LogP contribution in [0.4, 0.5) is 5.82 Å². The largest absolute Gasteiger partial charge is 0.390 e. The number of amides is 2. The van der Waals surface area contributed by atoms with Gasteiger partial charge < -0.3 is 20.1 Å². The maximum atomic E-state index is 13.0. The minimum Gasteiger partial charge on any atom is -0.390 e. The Balaban J connectivity index is 1.01. The van der Waals surface area contributed by atoms with Crippen LogP contribution in [0.2, 0.25) is 0 Å². The summed E-state index contributed by atoms with van der Waals surface area (Å²) in [7, 11) is 0. The number of aromatic nitrogens is 4. The molecule has 2 aliphatic carbocycles. The first-order valence-electron chi connectivity index (χ1n) is 14.8. The molecule has 3 atom stereocenters. The molecule has 2 amide bonds. The molecule has 11 heteroatoms. The Morgan fingerprint density at radius 1 is 1.12 bits per heavy atom. The SMILES string of the molecule is CCC(=O)N1CCN(C2CC(C(=O)Nc3cc4cc(-c5cnc(CO[C@H]6CCC[C@@H]6O)nc5)ccn4n3)C2)[C@@H](C)C1. The van der Waals surface area contributed by atoms with Crippen molar-refractivity contribution in [1.82, 2.24) is 29.4 Å². The summed E-state index contributed by atoms with van der Waals surface area (Å²) in [6.45, 7) is 6.76. The van der Waals surface area contributed by atoms with E-state index in [0.717, 1.165) is 68.4 Å². The van der Waals surface area contributed by atoms with Crippen molar-refractivity contribution in [3.63, 3.8) is 0 Å². The molecule has 41 heavy (non-hydrogen) atoms. The average molecular weight is 562 g/mol. The fraction of sp³-hybridized carbons (Fsp3) is 0.567. The van der Waals surface area contributed by atoms with E-state index in [2.05, 4.69) is 32.2 Å². The van der Waals surface area contributed by atoms with Gasteiger partial charge in [0.2, 0.25) is 11.8 Å². The molecule has 6 rings (SSSR count). The van der Waals surface area contributed by atoms with Gasteiger partial charge in [0.1, 0.15) is 6.61 Å². The third kappa shape index (κ3) is 5.98. The molecule has 3 aliphatic rings. The number of ether oxygens (including phenoxy) is 1. The van der Waals surface area contributed by atoms with Crippen molar-refractivity contribution in [1.29, 1.82) is 0 Å². The molecule has 4 heterocycles. The zero-order valence-corrected chi connectivity index (χ0v) is 23.8. The second-order valence-electron chi connectivity index (χ2n) is 11.6. The van der Waals surface area contributed by atoms with Crippen molar-refractivity contribution in [2.75, 3.05) is 25.0 Å². The lowest BCUT2D eigenvalue weighted by Gasteiger charge is -2.49. The molecule has 2 saturated carbocycles. The fourth-order valence-electron chi connectivity index (χ4n) is 6.36. The highest BCUT2D eigenvalue weighted by molar-refractivity contribution is 5.93. The number of fused-ring (bicyclic) bond motifs is 1. The number of nitrogens with one attached hydrogen (secondary N) is 1. The molecule has 0 unspecified atom stereocenters. The molecule has 2 N–H and O–H groups in total. The van der Waals surface area contributed by atoms with Crippen molar-refractivity contribution in [2.45, 2.75) is 83.3 Å². The van der Waals surface area contributed by atoms with E-state index in [0.29, 0.717) is 30.1 Å². The highest BCUT2D eigenvalue weighted by atomic mass is 16.5. The maximum Gasteiger partial charge on any atom is 0.228 e. The second kappa shape index (κ2) is 11.8. The lowest BCUT2D eigenvalue weighted by Crippen LogP contribution is -2.60. The Hall–Kier alpha value is -3.41. The molecule has 3 fully saturated rings. The van der Waals surface area contributed by atoms with E-state index in [-0.39, 0.29) is 30.4 Å².